The number of aliphatic hydroxyl groups excluding tert-OH is 1. The summed E-state index contributed by atoms with van der Waals surface area (Å²) in [6.07, 6.45) is -7.68. The van der Waals surface area contributed by atoms with Gasteiger partial charge in [-0.2, -0.15) is 13.2 Å². The molecule has 9 heteroatoms. The van der Waals surface area contributed by atoms with E-state index in [4.69, 9.17) is 5.11 Å². The summed E-state index contributed by atoms with van der Waals surface area (Å²) in [5, 5.41) is 10.8. The van der Waals surface area contributed by atoms with E-state index in [2.05, 4.69) is 0 Å². The van der Waals surface area contributed by atoms with Gasteiger partial charge in [-0.25, -0.2) is 4.39 Å². The Hall–Kier alpha value is -2.16. The summed E-state index contributed by atoms with van der Waals surface area (Å²) in [4.78, 5) is 23.6. The number of aliphatic hydroxyl groups is 1. The van der Waals surface area contributed by atoms with Crippen molar-refractivity contribution in [3.63, 3.8) is 0 Å². The van der Waals surface area contributed by atoms with Gasteiger partial charge >= 0.3 is 18.0 Å². The molecule has 0 aliphatic rings. The van der Waals surface area contributed by atoms with Crippen LogP contribution in [-0.2, 0) is 9.59 Å². The van der Waals surface area contributed by atoms with Gasteiger partial charge in [0.15, 0.2) is 6.10 Å². The summed E-state index contributed by atoms with van der Waals surface area (Å²) in [5.74, 6) is -3.38. The Balaban J connectivity index is 2.73. The Kier molecular flexibility index (Phi) is 5.48. The summed E-state index contributed by atoms with van der Waals surface area (Å²) < 4.78 is 50.2. The first kappa shape index (κ1) is 17.9. The molecule has 1 atom stereocenters. The van der Waals surface area contributed by atoms with Crippen LogP contribution in [0.15, 0.2) is 18.2 Å². The Labute approximate surface area is 123 Å². The predicted octanol–water partition coefficient (Wildman–Crippen LogP) is 1.45. The number of likely N-dealkylation sites (N-methyl/N-ethyl adjacent to an activating group) is 1. The first-order valence-electron chi connectivity index (χ1n) is 6.10. The van der Waals surface area contributed by atoms with Crippen molar-refractivity contribution in [2.24, 2.45) is 0 Å². The molecule has 0 fully saturated rings. The number of amides is 2. The van der Waals surface area contributed by atoms with Gasteiger partial charge in [0.25, 0.3) is 0 Å². The third-order valence-electron chi connectivity index (χ3n) is 2.81. The van der Waals surface area contributed by atoms with Gasteiger partial charge < -0.3 is 15.3 Å². The molecule has 1 rings (SSSR count). The van der Waals surface area contributed by atoms with Gasteiger partial charge in [0, 0.05) is 7.05 Å². The number of carbonyl (C=O) groups excluding carboxylic acids is 2. The van der Waals surface area contributed by atoms with Crippen molar-refractivity contribution in [1.82, 2.24) is 4.90 Å². The third-order valence-corrected chi connectivity index (χ3v) is 2.81. The van der Waals surface area contributed by atoms with Crippen LogP contribution in [-0.4, -0.2) is 47.7 Å². The number of anilines is 1. The zero-order valence-corrected chi connectivity index (χ0v) is 11.7. The van der Waals surface area contributed by atoms with Gasteiger partial charge in [-0.1, -0.05) is 12.1 Å². The maximum atomic E-state index is 13.7. The molecule has 0 aromatic heterocycles. The quantitative estimate of drug-likeness (QED) is 0.654. The Bertz CT molecular complexity index is 575. The van der Waals surface area contributed by atoms with Crippen LogP contribution in [0.25, 0.3) is 0 Å². The molecule has 0 spiro atoms. The Morgan fingerprint density at radius 1 is 1.36 bits per heavy atom. The summed E-state index contributed by atoms with van der Waals surface area (Å²) >= 11 is 0. The molecule has 2 N–H and O–H groups in total. The van der Waals surface area contributed by atoms with E-state index in [0.717, 1.165) is 7.05 Å². The van der Waals surface area contributed by atoms with Crippen LogP contribution in [0.3, 0.4) is 0 Å². The monoisotopic (exact) mass is 322 g/mol. The molecule has 1 unspecified atom stereocenters. The second-order valence-corrected chi connectivity index (χ2v) is 4.63. The molecule has 122 valence electrons. The molecule has 1 aromatic carbocycles. The number of hydrogen-bond donors (Lipinski definition) is 2. The van der Waals surface area contributed by atoms with Crippen LogP contribution in [0.1, 0.15) is 5.56 Å². The molecular weight excluding hydrogens is 308 g/mol. The zero-order valence-electron chi connectivity index (χ0n) is 11.7. The molecule has 0 aliphatic carbocycles. The lowest BCUT2D eigenvalue weighted by molar-refractivity contribution is -0.207. The number of carbonyl (C=O) groups is 2. The maximum absolute atomic E-state index is 13.7. The number of aryl methyl sites for hydroxylation is 1. The van der Waals surface area contributed by atoms with Crippen molar-refractivity contribution in [3.8, 4) is 0 Å². The molecule has 1 aromatic rings. The van der Waals surface area contributed by atoms with Crippen LogP contribution < -0.4 is 5.32 Å². The SMILES string of the molecule is Cc1cccc(NC(=O)C(=O)N(C)CC(O)C(F)(F)F)c1F. The number of alkyl halides is 3. The van der Waals surface area contributed by atoms with Gasteiger partial charge in [-0.15, -0.1) is 0 Å². The maximum Gasteiger partial charge on any atom is 0.416 e. The Morgan fingerprint density at radius 3 is 2.50 bits per heavy atom. The number of nitrogens with one attached hydrogen (secondary N) is 1. The highest BCUT2D eigenvalue weighted by Crippen LogP contribution is 2.21. The molecule has 0 aliphatic heterocycles. The average molecular weight is 322 g/mol. The number of halogens is 4. The molecular formula is C13H14F4N2O3. The number of rotatable bonds is 3. The third kappa shape index (κ3) is 4.42. The van der Waals surface area contributed by atoms with Crippen molar-refractivity contribution in [2.45, 2.75) is 19.2 Å². The molecule has 0 radical (unpaired) electrons. The fourth-order valence-corrected chi connectivity index (χ4v) is 1.54. The molecule has 0 saturated carbocycles. The molecule has 0 bridgehead atoms. The van der Waals surface area contributed by atoms with Crippen molar-refractivity contribution in [1.29, 1.82) is 0 Å². The predicted molar refractivity (Wildman–Crippen MR) is 69.5 cm³/mol. The van der Waals surface area contributed by atoms with E-state index in [1.54, 1.807) is 0 Å². The second-order valence-electron chi connectivity index (χ2n) is 4.63. The lowest BCUT2D eigenvalue weighted by Gasteiger charge is -2.22. The van der Waals surface area contributed by atoms with Crippen LogP contribution >= 0.6 is 0 Å². The van der Waals surface area contributed by atoms with Crippen LogP contribution in [0.4, 0.5) is 23.2 Å². The second kappa shape index (κ2) is 6.73. The fourth-order valence-electron chi connectivity index (χ4n) is 1.54. The zero-order chi connectivity index (χ0) is 17.1. The highest BCUT2D eigenvalue weighted by atomic mass is 19.4. The van der Waals surface area contributed by atoms with E-state index >= 15 is 0 Å². The first-order valence-corrected chi connectivity index (χ1v) is 6.10. The number of benzene rings is 1. The highest BCUT2D eigenvalue weighted by molar-refractivity contribution is 6.39. The van der Waals surface area contributed by atoms with E-state index in [0.29, 0.717) is 4.90 Å². The largest absolute Gasteiger partial charge is 0.416 e. The smallest absolute Gasteiger partial charge is 0.382 e. The standard InChI is InChI=1S/C13H14F4N2O3/c1-7-4-3-5-8(10(7)14)18-11(21)12(22)19(2)6-9(20)13(15,16)17/h3-5,9,20H,6H2,1-2H3,(H,18,21). The normalized spacial score (nSPS) is 12.7. The van der Waals surface area contributed by atoms with Crippen molar-refractivity contribution in [3.05, 3.63) is 29.6 Å². The summed E-state index contributed by atoms with van der Waals surface area (Å²) in [6.45, 7) is 0.338. The van der Waals surface area contributed by atoms with Crippen LogP contribution in [0.5, 0.6) is 0 Å². The first-order chi connectivity index (χ1) is 10.0. The Morgan fingerprint density at radius 2 is 1.95 bits per heavy atom. The topological polar surface area (TPSA) is 69.6 Å². The number of nitrogens with zero attached hydrogens (tertiary/aromatic N) is 1. The summed E-state index contributed by atoms with van der Waals surface area (Å²) in [6, 6.07) is 4.09. The van der Waals surface area contributed by atoms with Gasteiger partial charge in [-0.05, 0) is 18.6 Å². The average Bonchev–Trinajstić information content (AvgIpc) is 2.41. The summed E-state index contributed by atoms with van der Waals surface area (Å²) in [5.41, 5.74) is -0.0331. The van der Waals surface area contributed by atoms with E-state index in [1.807, 2.05) is 5.32 Å². The van der Waals surface area contributed by atoms with E-state index in [1.165, 1.54) is 25.1 Å². The van der Waals surface area contributed by atoms with Gasteiger partial charge in [0.05, 0.1) is 12.2 Å². The van der Waals surface area contributed by atoms with E-state index < -0.39 is 36.5 Å². The molecule has 2 amide bonds. The highest BCUT2D eigenvalue weighted by Gasteiger charge is 2.40. The van der Waals surface area contributed by atoms with Crippen LogP contribution in [0.2, 0.25) is 0 Å². The lowest BCUT2D eigenvalue weighted by atomic mass is 10.2. The van der Waals surface area contributed by atoms with Crippen molar-refractivity contribution in [2.75, 3.05) is 18.9 Å². The minimum Gasteiger partial charge on any atom is -0.382 e. The fraction of sp³-hybridized carbons (Fsp3) is 0.385. The van der Waals surface area contributed by atoms with Crippen LogP contribution in [0, 0.1) is 12.7 Å². The molecule has 0 saturated heterocycles. The minimum absolute atomic E-state index is 0.228. The molecule has 22 heavy (non-hydrogen) atoms. The molecule has 5 nitrogen and oxygen atoms in total. The van der Waals surface area contributed by atoms with Gasteiger partial charge in [0.1, 0.15) is 5.82 Å². The van der Waals surface area contributed by atoms with Crippen molar-refractivity contribution < 1.29 is 32.3 Å². The number of hydrogen-bond acceptors (Lipinski definition) is 3. The summed E-state index contributed by atoms with van der Waals surface area (Å²) in [7, 11) is 0.920. The van der Waals surface area contributed by atoms with Gasteiger partial charge in [0.2, 0.25) is 0 Å². The van der Waals surface area contributed by atoms with E-state index in [-0.39, 0.29) is 11.3 Å². The van der Waals surface area contributed by atoms with Gasteiger partial charge in [-0.3, -0.25) is 9.59 Å². The van der Waals surface area contributed by atoms with E-state index in [9.17, 15) is 27.2 Å². The molecule has 0 heterocycles. The minimum atomic E-state index is -4.91. The lowest BCUT2D eigenvalue weighted by Crippen LogP contribution is -2.45. The van der Waals surface area contributed by atoms with Crippen molar-refractivity contribution >= 4 is 17.5 Å².